The number of hydrogen-bond acceptors (Lipinski definition) is 3. The summed E-state index contributed by atoms with van der Waals surface area (Å²) in [5, 5.41) is 6.64. The van der Waals surface area contributed by atoms with Gasteiger partial charge in [0.1, 0.15) is 5.75 Å². The second kappa shape index (κ2) is 9.69. The minimum absolute atomic E-state index is 0.197. The molecule has 0 atom stereocenters. The number of hydrogen-bond donors (Lipinski definition) is 2. The number of halogens is 2. The Balaban J connectivity index is 2.12. The van der Waals surface area contributed by atoms with Crippen LogP contribution in [0, 0.1) is 0 Å². The van der Waals surface area contributed by atoms with Crippen molar-refractivity contribution in [3.63, 3.8) is 0 Å². The molecule has 2 N–H and O–H groups in total. The Morgan fingerprint density at radius 2 is 1.74 bits per heavy atom. The quantitative estimate of drug-likeness (QED) is 0.643. The lowest BCUT2D eigenvalue weighted by molar-refractivity contribution is -0.0498. The fourth-order valence-corrected chi connectivity index (χ4v) is 1.66. The van der Waals surface area contributed by atoms with Gasteiger partial charge in [-0.1, -0.05) is 19.1 Å². The van der Waals surface area contributed by atoms with Crippen molar-refractivity contribution in [2.45, 2.75) is 32.9 Å². The Morgan fingerprint density at radius 3 is 2.37 bits per heavy atom. The fourth-order valence-electron chi connectivity index (χ4n) is 1.66. The molecule has 0 saturated carbocycles. The van der Waals surface area contributed by atoms with Gasteiger partial charge in [0.15, 0.2) is 0 Å². The van der Waals surface area contributed by atoms with Crippen LogP contribution in [0.2, 0.25) is 0 Å². The van der Waals surface area contributed by atoms with Gasteiger partial charge < -0.3 is 15.4 Å². The molecule has 0 heterocycles. The molecule has 0 aromatic heterocycles. The van der Waals surface area contributed by atoms with Gasteiger partial charge in [0.05, 0.1) is 0 Å². The average molecular weight is 272 g/mol. The summed E-state index contributed by atoms with van der Waals surface area (Å²) in [5.74, 6) is 0.197. The Labute approximate surface area is 113 Å². The Hall–Kier alpha value is -1.20. The lowest BCUT2D eigenvalue weighted by Gasteiger charge is -2.07. The molecule has 1 aromatic carbocycles. The van der Waals surface area contributed by atoms with Crippen molar-refractivity contribution in [2.24, 2.45) is 0 Å². The van der Waals surface area contributed by atoms with E-state index in [1.165, 1.54) is 0 Å². The molecular weight excluding hydrogens is 250 g/mol. The van der Waals surface area contributed by atoms with E-state index in [2.05, 4.69) is 22.3 Å². The van der Waals surface area contributed by atoms with Crippen molar-refractivity contribution < 1.29 is 13.5 Å². The third kappa shape index (κ3) is 7.74. The van der Waals surface area contributed by atoms with Crippen LogP contribution in [-0.2, 0) is 6.54 Å². The van der Waals surface area contributed by atoms with Gasteiger partial charge in [-0.3, -0.25) is 0 Å². The molecular formula is C14H22F2N2O. The zero-order valence-electron chi connectivity index (χ0n) is 11.3. The van der Waals surface area contributed by atoms with E-state index in [1.54, 1.807) is 24.3 Å². The highest BCUT2D eigenvalue weighted by molar-refractivity contribution is 5.27. The van der Waals surface area contributed by atoms with Gasteiger partial charge >= 0.3 is 6.61 Å². The predicted molar refractivity (Wildman–Crippen MR) is 72.6 cm³/mol. The molecule has 0 bridgehead atoms. The van der Waals surface area contributed by atoms with Gasteiger partial charge in [-0.05, 0) is 50.2 Å². The van der Waals surface area contributed by atoms with E-state index >= 15 is 0 Å². The first-order valence-electron chi connectivity index (χ1n) is 6.67. The van der Waals surface area contributed by atoms with E-state index in [-0.39, 0.29) is 5.75 Å². The summed E-state index contributed by atoms with van der Waals surface area (Å²) < 4.78 is 28.2. The number of alkyl halides is 2. The van der Waals surface area contributed by atoms with Crippen molar-refractivity contribution in [2.75, 3.05) is 19.6 Å². The summed E-state index contributed by atoms with van der Waals surface area (Å²) in [5.41, 5.74) is 1.06. The van der Waals surface area contributed by atoms with Crippen molar-refractivity contribution in [1.29, 1.82) is 0 Å². The van der Waals surface area contributed by atoms with E-state index < -0.39 is 6.61 Å². The molecule has 0 amide bonds. The SMILES string of the molecule is CCCNCCCNCc1ccc(OC(F)F)cc1. The second-order valence-corrected chi connectivity index (χ2v) is 4.30. The third-order valence-electron chi connectivity index (χ3n) is 2.61. The van der Waals surface area contributed by atoms with Crippen LogP contribution in [0.3, 0.4) is 0 Å². The highest BCUT2D eigenvalue weighted by Gasteiger charge is 2.03. The summed E-state index contributed by atoms with van der Waals surface area (Å²) in [7, 11) is 0. The van der Waals surface area contributed by atoms with Crippen molar-refractivity contribution in [1.82, 2.24) is 10.6 Å². The van der Waals surface area contributed by atoms with Crippen LogP contribution < -0.4 is 15.4 Å². The molecule has 1 aromatic rings. The number of rotatable bonds is 10. The highest BCUT2D eigenvalue weighted by atomic mass is 19.3. The first kappa shape index (κ1) is 15.9. The van der Waals surface area contributed by atoms with E-state index in [4.69, 9.17) is 0 Å². The third-order valence-corrected chi connectivity index (χ3v) is 2.61. The number of ether oxygens (including phenoxy) is 1. The largest absolute Gasteiger partial charge is 0.435 e. The molecule has 0 unspecified atom stereocenters. The lowest BCUT2D eigenvalue weighted by Crippen LogP contribution is -2.22. The van der Waals surface area contributed by atoms with Crippen molar-refractivity contribution in [3.05, 3.63) is 29.8 Å². The molecule has 0 spiro atoms. The van der Waals surface area contributed by atoms with Gasteiger partial charge in [0.2, 0.25) is 0 Å². The molecule has 19 heavy (non-hydrogen) atoms. The predicted octanol–water partition coefficient (Wildman–Crippen LogP) is 2.77. The van der Waals surface area contributed by atoms with E-state index in [0.29, 0.717) is 0 Å². The van der Waals surface area contributed by atoms with Crippen LogP contribution in [0.15, 0.2) is 24.3 Å². The van der Waals surface area contributed by atoms with Crippen LogP contribution in [0.25, 0.3) is 0 Å². The lowest BCUT2D eigenvalue weighted by atomic mass is 10.2. The standard InChI is InChI=1S/C14H22F2N2O/c1-2-8-17-9-3-10-18-11-12-4-6-13(7-5-12)19-14(15)16/h4-7,14,17-18H,2-3,8-11H2,1H3. The smallest absolute Gasteiger partial charge is 0.387 e. The first-order valence-corrected chi connectivity index (χ1v) is 6.67. The summed E-state index contributed by atoms with van der Waals surface area (Å²) in [6, 6.07) is 6.71. The molecule has 0 aliphatic carbocycles. The number of benzene rings is 1. The highest BCUT2D eigenvalue weighted by Crippen LogP contribution is 2.14. The molecule has 5 heteroatoms. The second-order valence-electron chi connectivity index (χ2n) is 4.30. The normalized spacial score (nSPS) is 10.9. The van der Waals surface area contributed by atoms with E-state index in [9.17, 15) is 8.78 Å². The molecule has 0 aliphatic heterocycles. The van der Waals surface area contributed by atoms with Gasteiger partial charge in [0.25, 0.3) is 0 Å². The summed E-state index contributed by atoms with van der Waals surface area (Å²) in [6.45, 7) is 3.13. The Kier molecular flexibility index (Phi) is 8.09. The van der Waals surface area contributed by atoms with Gasteiger partial charge in [-0.15, -0.1) is 0 Å². The van der Waals surface area contributed by atoms with Crippen LogP contribution >= 0.6 is 0 Å². The molecule has 0 saturated heterocycles. The van der Waals surface area contributed by atoms with Gasteiger partial charge in [-0.2, -0.15) is 8.78 Å². The monoisotopic (exact) mass is 272 g/mol. The van der Waals surface area contributed by atoms with Crippen molar-refractivity contribution >= 4 is 0 Å². The molecule has 1 rings (SSSR count). The Morgan fingerprint density at radius 1 is 1.05 bits per heavy atom. The van der Waals surface area contributed by atoms with Crippen molar-refractivity contribution in [3.8, 4) is 5.75 Å². The van der Waals surface area contributed by atoms with Crippen LogP contribution in [0.1, 0.15) is 25.3 Å². The minimum atomic E-state index is -2.76. The summed E-state index contributed by atoms with van der Waals surface area (Å²) in [6.07, 6.45) is 2.23. The van der Waals surface area contributed by atoms with Gasteiger partial charge in [0, 0.05) is 6.54 Å². The van der Waals surface area contributed by atoms with E-state index in [0.717, 1.165) is 44.6 Å². The fraction of sp³-hybridized carbons (Fsp3) is 0.571. The summed E-state index contributed by atoms with van der Waals surface area (Å²) >= 11 is 0. The maximum Gasteiger partial charge on any atom is 0.387 e. The molecule has 0 aliphatic rings. The minimum Gasteiger partial charge on any atom is -0.435 e. The number of nitrogens with one attached hydrogen (secondary N) is 2. The Bertz CT molecular complexity index is 331. The summed E-state index contributed by atoms with van der Waals surface area (Å²) in [4.78, 5) is 0. The maximum absolute atomic E-state index is 12.0. The molecule has 0 fully saturated rings. The van der Waals surface area contributed by atoms with Crippen LogP contribution in [0.4, 0.5) is 8.78 Å². The van der Waals surface area contributed by atoms with E-state index in [1.807, 2.05) is 0 Å². The molecule has 0 radical (unpaired) electrons. The topological polar surface area (TPSA) is 33.3 Å². The zero-order valence-corrected chi connectivity index (χ0v) is 11.3. The zero-order chi connectivity index (χ0) is 13.9. The molecule has 108 valence electrons. The first-order chi connectivity index (χ1) is 9.22. The average Bonchev–Trinajstić information content (AvgIpc) is 2.39. The van der Waals surface area contributed by atoms with Gasteiger partial charge in [-0.25, -0.2) is 0 Å². The van der Waals surface area contributed by atoms with Crippen LogP contribution in [-0.4, -0.2) is 26.2 Å². The molecule has 3 nitrogen and oxygen atoms in total. The maximum atomic E-state index is 12.0. The van der Waals surface area contributed by atoms with Crippen LogP contribution in [0.5, 0.6) is 5.75 Å².